The number of nitrogens with one attached hydrogen (secondary N) is 1. The van der Waals surface area contributed by atoms with Gasteiger partial charge in [0, 0.05) is 25.3 Å². The number of nitrogens with zero attached hydrogens (tertiary/aromatic N) is 3. The Morgan fingerprint density at radius 1 is 1.54 bits per heavy atom. The van der Waals surface area contributed by atoms with Crippen LogP contribution in [-0.2, 0) is 19.5 Å². The highest BCUT2D eigenvalue weighted by Gasteiger charge is 2.14. The molecular weight excluding hydrogens is 184 g/mol. The van der Waals surface area contributed by atoms with Gasteiger partial charge in [0.05, 0.1) is 6.54 Å². The molecule has 1 aromatic heterocycles. The third kappa shape index (κ3) is 1.86. The van der Waals surface area contributed by atoms with Gasteiger partial charge in [0.15, 0.2) is 0 Å². The van der Waals surface area contributed by atoms with E-state index in [1.165, 1.54) is 0 Å². The van der Waals surface area contributed by atoms with E-state index in [0.29, 0.717) is 0 Å². The Hall–Kier alpha value is -0.550. The van der Waals surface area contributed by atoms with Gasteiger partial charge >= 0.3 is 0 Å². The molecule has 0 saturated heterocycles. The maximum Gasteiger partial charge on any atom is 0.147 e. The quantitative estimate of drug-likeness (QED) is 0.758. The summed E-state index contributed by atoms with van der Waals surface area (Å²) in [5, 5.41) is 11.6. The van der Waals surface area contributed by atoms with E-state index in [-0.39, 0.29) is 0 Å². The molecule has 0 aromatic carbocycles. The number of thioether (sulfide) groups is 1. The summed E-state index contributed by atoms with van der Waals surface area (Å²) in [5.41, 5.74) is 0. The minimum absolute atomic E-state index is 0.867. The molecule has 4 nitrogen and oxygen atoms in total. The summed E-state index contributed by atoms with van der Waals surface area (Å²) >= 11 is 1.85. The van der Waals surface area contributed by atoms with E-state index in [2.05, 4.69) is 26.3 Å². The van der Waals surface area contributed by atoms with Gasteiger partial charge in [-0.2, -0.15) is 11.8 Å². The van der Waals surface area contributed by atoms with Crippen molar-refractivity contribution in [3.8, 4) is 0 Å². The van der Waals surface area contributed by atoms with E-state index in [9.17, 15) is 0 Å². The summed E-state index contributed by atoms with van der Waals surface area (Å²) in [4.78, 5) is 0. The van der Waals surface area contributed by atoms with Crippen molar-refractivity contribution in [1.29, 1.82) is 0 Å². The van der Waals surface area contributed by atoms with Crippen LogP contribution in [0.4, 0.5) is 0 Å². The van der Waals surface area contributed by atoms with Crippen LogP contribution in [0.3, 0.4) is 0 Å². The molecule has 0 fully saturated rings. The molecule has 13 heavy (non-hydrogen) atoms. The number of hydrogen-bond acceptors (Lipinski definition) is 4. The van der Waals surface area contributed by atoms with Crippen molar-refractivity contribution in [3.63, 3.8) is 0 Å². The Balaban J connectivity index is 2.12. The SMILES string of the molecule is CSCCc1nnc2n1CCNC2. The van der Waals surface area contributed by atoms with Gasteiger partial charge in [0.1, 0.15) is 11.6 Å². The summed E-state index contributed by atoms with van der Waals surface area (Å²) in [6, 6.07) is 0. The van der Waals surface area contributed by atoms with E-state index >= 15 is 0 Å². The minimum Gasteiger partial charge on any atom is -0.313 e. The molecule has 72 valence electrons. The van der Waals surface area contributed by atoms with Crippen molar-refractivity contribution in [1.82, 2.24) is 20.1 Å². The second-order valence-corrected chi connectivity index (χ2v) is 4.09. The predicted octanol–water partition coefficient (Wildman–Crippen LogP) is 0.287. The minimum atomic E-state index is 0.867. The first-order valence-electron chi connectivity index (χ1n) is 4.52. The topological polar surface area (TPSA) is 42.7 Å². The molecule has 0 saturated carbocycles. The maximum absolute atomic E-state index is 4.19. The van der Waals surface area contributed by atoms with Gasteiger partial charge in [-0.15, -0.1) is 10.2 Å². The van der Waals surface area contributed by atoms with Gasteiger partial charge in [-0.25, -0.2) is 0 Å². The van der Waals surface area contributed by atoms with Gasteiger partial charge in [0.2, 0.25) is 0 Å². The van der Waals surface area contributed by atoms with E-state index in [1.54, 1.807) is 0 Å². The van der Waals surface area contributed by atoms with Crippen molar-refractivity contribution >= 4 is 11.8 Å². The summed E-state index contributed by atoms with van der Waals surface area (Å²) in [6.07, 6.45) is 3.16. The Morgan fingerprint density at radius 2 is 2.46 bits per heavy atom. The lowest BCUT2D eigenvalue weighted by Crippen LogP contribution is -2.29. The standard InChI is InChI=1S/C8H14N4S/c1-13-5-2-7-10-11-8-6-9-3-4-12(7)8/h9H,2-6H2,1H3. The van der Waals surface area contributed by atoms with Crippen LogP contribution in [0, 0.1) is 0 Å². The molecule has 0 unspecified atom stereocenters. The molecule has 5 heteroatoms. The second kappa shape index (κ2) is 4.11. The smallest absolute Gasteiger partial charge is 0.147 e. The average Bonchev–Trinajstić information content (AvgIpc) is 2.58. The summed E-state index contributed by atoms with van der Waals surface area (Å²) in [7, 11) is 0. The highest BCUT2D eigenvalue weighted by atomic mass is 32.2. The Bertz CT molecular complexity index is 284. The van der Waals surface area contributed by atoms with Crippen LogP contribution in [0.5, 0.6) is 0 Å². The number of aromatic nitrogens is 3. The fraction of sp³-hybridized carbons (Fsp3) is 0.750. The van der Waals surface area contributed by atoms with Crippen LogP contribution in [0.15, 0.2) is 0 Å². The van der Waals surface area contributed by atoms with E-state index in [4.69, 9.17) is 0 Å². The lowest BCUT2D eigenvalue weighted by molar-refractivity contribution is 0.495. The Labute approximate surface area is 82.1 Å². The summed E-state index contributed by atoms with van der Waals surface area (Å²) < 4.78 is 2.24. The zero-order valence-electron chi connectivity index (χ0n) is 7.79. The molecule has 0 radical (unpaired) electrons. The number of aryl methyl sites for hydroxylation is 1. The molecule has 2 heterocycles. The van der Waals surface area contributed by atoms with Crippen molar-refractivity contribution < 1.29 is 0 Å². The van der Waals surface area contributed by atoms with Gasteiger partial charge in [-0.1, -0.05) is 0 Å². The molecular formula is C8H14N4S. The fourth-order valence-corrected chi connectivity index (χ4v) is 1.92. The van der Waals surface area contributed by atoms with Crippen LogP contribution in [-0.4, -0.2) is 33.3 Å². The molecule has 2 rings (SSSR count). The van der Waals surface area contributed by atoms with Crippen LogP contribution in [0.1, 0.15) is 11.6 Å². The third-order valence-electron chi connectivity index (χ3n) is 2.23. The normalized spacial score (nSPS) is 15.8. The van der Waals surface area contributed by atoms with Crippen molar-refractivity contribution in [2.75, 3.05) is 18.6 Å². The molecule has 1 aliphatic rings. The monoisotopic (exact) mass is 198 g/mol. The molecule has 1 aliphatic heterocycles. The zero-order valence-corrected chi connectivity index (χ0v) is 8.60. The lowest BCUT2D eigenvalue weighted by Gasteiger charge is -2.15. The fourth-order valence-electron chi connectivity index (χ4n) is 1.53. The highest BCUT2D eigenvalue weighted by Crippen LogP contribution is 2.08. The number of hydrogen-bond donors (Lipinski definition) is 1. The van der Waals surface area contributed by atoms with Gasteiger partial charge in [-0.3, -0.25) is 0 Å². The van der Waals surface area contributed by atoms with Crippen LogP contribution in [0.2, 0.25) is 0 Å². The van der Waals surface area contributed by atoms with Crippen LogP contribution in [0.25, 0.3) is 0 Å². The summed E-state index contributed by atoms with van der Waals surface area (Å²) in [6.45, 7) is 2.93. The van der Waals surface area contributed by atoms with Crippen molar-refractivity contribution in [3.05, 3.63) is 11.6 Å². The zero-order chi connectivity index (χ0) is 9.10. The molecule has 1 aromatic rings. The molecule has 0 aliphatic carbocycles. The first-order valence-corrected chi connectivity index (χ1v) is 5.92. The highest BCUT2D eigenvalue weighted by molar-refractivity contribution is 7.98. The molecule has 0 spiro atoms. The van der Waals surface area contributed by atoms with E-state index < -0.39 is 0 Å². The number of rotatable bonds is 3. The largest absolute Gasteiger partial charge is 0.313 e. The molecule has 1 N–H and O–H groups in total. The summed E-state index contributed by atoms with van der Waals surface area (Å²) in [5.74, 6) is 3.36. The first kappa shape index (κ1) is 9.02. The molecule has 0 atom stereocenters. The van der Waals surface area contributed by atoms with Crippen LogP contribution >= 0.6 is 11.8 Å². The maximum atomic E-state index is 4.19. The molecule has 0 amide bonds. The third-order valence-corrected chi connectivity index (χ3v) is 2.84. The van der Waals surface area contributed by atoms with Gasteiger partial charge < -0.3 is 9.88 Å². The van der Waals surface area contributed by atoms with E-state index in [0.717, 1.165) is 43.5 Å². The first-order chi connectivity index (χ1) is 6.42. The van der Waals surface area contributed by atoms with Crippen LogP contribution < -0.4 is 5.32 Å². The second-order valence-electron chi connectivity index (χ2n) is 3.10. The predicted molar refractivity (Wildman–Crippen MR) is 53.8 cm³/mol. The van der Waals surface area contributed by atoms with Gasteiger partial charge in [-0.05, 0) is 6.26 Å². The Kier molecular flexibility index (Phi) is 2.85. The van der Waals surface area contributed by atoms with Crippen molar-refractivity contribution in [2.24, 2.45) is 0 Å². The van der Waals surface area contributed by atoms with E-state index in [1.807, 2.05) is 11.8 Å². The Morgan fingerprint density at radius 3 is 3.31 bits per heavy atom. The van der Waals surface area contributed by atoms with Gasteiger partial charge in [0.25, 0.3) is 0 Å². The lowest BCUT2D eigenvalue weighted by atomic mass is 10.4. The van der Waals surface area contributed by atoms with Crippen molar-refractivity contribution in [2.45, 2.75) is 19.5 Å². The average molecular weight is 198 g/mol. The molecule has 0 bridgehead atoms. The number of fused-ring (bicyclic) bond motifs is 1.